The second kappa shape index (κ2) is 6.13. The van der Waals surface area contributed by atoms with E-state index in [1.54, 1.807) is 0 Å². The number of benzene rings is 1. The maximum atomic E-state index is 11.5. The van der Waals surface area contributed by atoms with Crippen molar-refractivity contribution in [1.29, 1.82) is 0 Å². The van der Waals surface area contributed by atoms with Crippen LogP contribution in [-0.2, 0) is 4.79 Å². The number of carbonyl (C=O) groups excluding carboxylic acids is 1. The number of hydrogen-bond donors (Lipinski definition) is 3. The second-order valence-corrected chi connectivity index (χ2v) is 4.63. The minimum atomic E-state index is -1.15. The molecule has 2 amide bonds. The maximum absolute atomic E-state index is 11.5. The van der Waals surface area contributed by atoms with Gasteiger partial charge in [0.25, 0.3) is 0 Å². The van der Waals surface area contributed by atoms with Gasteiger partial charge in [0.2, 0.25) is 0 Å². The lowest BCUT2D eigenvalue weighted by Crippen LogP contribution is -2.40. The van der Waals surface area contributed by atoms with Crippen molar-refractivity contribution in [2.24, 2.45) is 0 Å². The zero-order valence-electron chi connectivity index (χ0n) is 9.13. The lowest BCUT2D eigenvalue weighted by molar-refractivity contribution is -0.138. The third kappa shape index (κ3) is 3.94. The number of hydrogen-bond acceptors (Lipinski definition) is 2. The first-order valence-corrected chi connectivity index (χ1v) is 5.89. The van der Waals surface area contributed by atoms with Gasteiger partial charge in [-0.3, -0.25) is 4.79 Å². The molecule has 0 aliphatic carbocycles. The smallest absolute Gasteiger partial charge is 0.325 e. The number of rotatable bonds is 3. The quantitative estimate of drug-likeness (QED) is 0.750. The van der Waals surface area contributed by atoms with Gasteiger partial charge < -0.3 is 15.7 Å². The fourth-order valence-electron chi connectivity index (χ4n) is 1.04. The lowest BCUT2D eigenvalue weighted by Gasteiger charge is -2.12. The van der Waals surface area contributed by atoms with Crippen LogP contribution in [0.3, 0.4) is 0 Å². The average molecular weight is 312 g/mol. The fourth-order valence-corrected chi connectivity index (χ4v) is 1.63. The van der Waals surface area contributed by atoms with Crippen molar-refractivity contribution < 1.29 is 14.7 Å². The van der Waals surface area contributed by atoms with Gasteiger partial charge in [-0.15, -0.1) is 0 Å². The van der Waals surface area contributed by atoms with Crippen LogP contribution < -0.4 is 10.6 Å². The van der Waals surface area contributed by atoms with E-state index >= 15 is 0 Å². The molecule has 0 fully saturated rings. The normalized spacial score (nSPS) is 11.8. The molecule has 5 nitrogen and oxygen atoms in total. The molecule has 1 rings (SSSR count). The van der Waals surface area contributed by atoms with E-state index in [0.29, 0.717) is 0 Å². The molecule has 0 aliphatic heterocycles. The Labute approximate surface area is 118 Å². The molecule has 0 bridgehead atoms. The summed E-state index contributed by atoms with van der Waals surface area (Å²) >= 11 is 17.3. The molecule has 18 heavy (non-hydrogen) atoms. The van der Waals surface area contributed by atoms with Gasteiger partial charge in [0.15, 0.2) is 0 Å². The molecule has 0 unspecified atom stereocenters. The number of carboxylic acids is 1. The van der Waals surface area contributed by atoms with E-state index in [-0.39, 0.29) is 20.8 Å². The van der Waals surface area contributed by atoms with Gasteiger partial charge in [0, 0.05) is 0 Å². The summed E-state index contributed by atoms with van der Waals surface area (Å²) in [6.07, 6.45) is 0. The van der Waals surface area contributed by atoms with Crippen LogP contribution in [0.1, 0.15) is 6.92 Å². The Morgan fingerprint density at radius 3 is 2.28 bits per heavy atom. The zero-order chi connectivity index (χ0) is 13.9. The highest BCUT2D eigenvalue weighted by Crippen LogP contribution is 2.32. The number of anilines is 1. The minimum Gasteiger partial charge on any atom is -0.480 e. The largest absolute Gasteiger partial charge is 0.480 e. The summed E-state index contributed by atoms with van der Waals surface area (Å²) in [5, 5.41) is 13.9. The molecule has 1 atom stereocenters. The summed E-state index contributed by atoms with van der Waals surface area (Å²) in [6, 6.07) is 1.02. The van der Waals surface area contributed by atoms with Gasteiger partial charge in [0.1, 0.15) is 6.04 Å². The summed E-state index contributed by atoms with van der Waals surface area (Å²) in [5.74, 6) is -1.15. The average Bonchev–Trinajstić information content (AvgIpc) is 2.25. The van der Waals surface area contributed by atoms with Gasteiger partial charge in [-0.1, -0.05) is 34.8 Å². The van der Waals surface area contributed by atoms with Crippen LogP contribution in [0.2, 0.25) is 15.1 Å². The highest BCUT2D eigenvalue weighted by molar-refractivity contribution is 6.44. The van der Waals surface area contributed by atoms with Crippen LogP contribution in [0.15, 0.2) is 12.1 Å². The number of aliphatic carboxylic acids is 1. The molecule has 0 saturated carbocycles. The highest BCUT2D eigenvalue weighted by Gasteiger charge is 2.15. The summed E-state index contributed by atoms with van der Waals surface area (Å²) in [5.41, 5.74) is 0.237. The molecule has 8 heteroatoms. The molecular formula is C10H9Cl3N2O3. The Bertz CT molecular complexity index is 494. The molecule has 0 saturated heterocycles. The van der Waals surface area contributed by atoms with E-state index in [0.717, 1.165) is 0 Å². The molecule has 1 aromatic rings. The van der Waals surface area contributed by atoms with Crippen LogP contribution in [0, 0.1) is 0 Å². The second-order valence-electron chi connectivity index (χ2n) is 3.40. The number of nitrogens with one attached hydrogen (secondary N) is 2. The van der Waals surface area contributed by atoms with Crippen LogP contribution in [0.5, 0.6) is 0 Å². The summed E-state index contributed by atoms with van der Waals surface area (Å²) in [6.45, 7) is 1.33. The first kappa shape index (κ1) is 14.9. The lowest BCUT2D eigenvalue weighted by atomic mass is 10.3. The third-order valence-electron chi connectivity index (χ3n) is 1.98. The van der Waals surface area contributed by atoms with Gasteiger partial charge in [0.05, 0.1) is 20.8 Å². The molecule has 0 radical (unpaired) electrons. The molecule has 98 valence electrons. The Morgan fingerprint density at radius 1 is 1.17 bits per heavy atom. The number of carbonyl (C=O) groups is 2. The van der Waals surface area contributed by atoms with Crippen molar-refractivity contribution in [2.45, 2.75) is 13.0 Å². The van der Waals surface area contributed by atoms with Gasteiger partial charge in [-0.25, -0.2) is 4.79 Å². The van der Waals surface area contributed by atoms with E-state index in [4.69, 9.17) is 39.9 Å². The van der Waals surface area contributed by atoms with Gasteiger partial charge >= 0.3 is 12.0 Å². The molecule has 0 aromatic heterocycles. The van der Waals surface area contributed by atoms with Crippen molar-refractivity contribution in [2.75, 3.05) is 5.32 Å². The Balaban J connectivity index is 2.76. The molecule has 1 aromatic carbocycles. The molecule has 0 heterocycles. The predicted molar refractivity (Wildman–Crippen MR) is 70.7 cm³/mol. The number of carboxylic acid groups (broad SMARTS) is 1. The summed E-state index contributed by atoms with van der Waals surface area (Å²) in [7, 11) is 0. The van der Waals surface area contributed by atoms with Gasteiger partial charge in [-0.05, 0) is 19.1 Å². The van der Waals surface area contributed by atoms with Crippen molar-refractivity contribution in [3.8, 4) is 0 Å². The minimum absolute atomic E-state index is 0.197. The molecular weight excluding hydrogens is 302 g/mol. The molecule has 0 aliphatic rings. The van der Waals surface area contributed by atoms with E-state index in [2.05, 4.69) is 10.6 Å². The van der Waals surface area contributed by atoms with Crippen LogP contribution in [0.4, 0.5) is 10.5 Å². The first-order chi connectivity index (χ1) is 8.31. The summed E-state index contributed by atoms with van der Waals surface area (Å²) < 4.78 is 0. The van der Waals surface area contributed by atoms with Crippen LogP contribution in [0.25, 0.3) is 0 Å². The third-order valence-corrected chi connectivity index (χ3v) is 3.01. The van der Waals surface area contributed by atoms with Crippen molar-refractivity contribution in [3.63, 3.8) is 0 Å². The molecule has 0 spiro atoms. The van der Waals surface area contributed by atoms with Gasteiger partial charge in [-0.2, -0.15) is 0 Å². The Morgan fingerprint density at radius 2 is 1.72 bits per heavy atom. The van der Waals surface area contributed by atoms with Crippen LogP contribution >= 0.6 is 34.8 Å². The fraction of sp³-hybridized carbons (Fsp3) is 0.200. The number of amides is 2. The monoisotopic (exact) mass is 310 g/mol. The SMILES string of the molecule is C[C@@H](NC(=O)Nc1cc(Cl)c(Cl)cc1Cl)C(=O)O. The zero-order valence-corrected chi connectivity index (χ0v) is 11.4. The van der Waals surface area contributed by atoms with E-state index in [9.17, 15) is 9.59 Å². The van der Waals surface area contributed by atoms with Crippen molar-refractivity contribution in [3.05, 3.63) is 27.2 Å². The topological polar surface area (TPSA) is 78.4 Å². The van der Waals surface area contributed by atoms with E-state index in [1.165, 1.54) is 19.1 Å². The van der Waals surface area contributed by atoms with Crippen molar-refractivity contribution in [1.82, 2.24) is 5.32 Å². The predicted octanol–water partition coefficient (Wildman–Crippen LogP) is 3.24. The maximum Gasteiger partial charge on any atom is 0.325 e. The number of halogens is 3. The molecule has 3 N–H and O–H groups in total. The van der Waals surface area contributed by atoms with Crippen LogP contribution in [-0.4, -0.2) is 23.1 Å². The standard InChI is InChI=1S/C10H9Cl3N2O3/c1-4(9(16)17)14-10(18)15-8-3-6(12)5(11)2-7(8)13/h2-4H,1H3,(H,16,17)(H2,14,15,18)/t4-/m1/s1. The van der Waals surface area contributed by atoms with E-state index < -0.39 is 18.0 Å². The number of urea groups is 1. The van der Waals surface area contributed by atoms with E-state index in [1.807, 2.05) is 0 Å². The first-order valence-electron chi connectivity index (χ1n) is 4.76. The van der Waals surface area contributed by atoms with Crippen molar-refractivity contribution >= 4 is 52.5 Å². The Hall–Kier alpha value is -1.17. The Kier molecular flexibility index (Phi) is 5.07. The highest BCUT2D eigenvalue weighted by atomic mass is 35.5. The summed E-state index contributed by atoms with van der Waals surface area (Å²) in [4.78, 5) is 22.0.